The van der Waals surface area contributed by atoms with E-state index in [-0.39, 0.29) is 5.82 Å². The average molecular weight is 378 g/mol. The first kappa shape index (κ1) is 18.4. The van der Waals surface area contributed by atoms with Crippen molar-refractivity contribution in [3.05, 3.63) is 72.0 Å². The Kier molecular flexibility index (Phi) is 5.77. The van der Waals surface area contributed by atoms with E-state index >= 15 is 0 Å². The molecule has 144 valence electrons. The van der Waals surface area contributed by atoms with Gasteiger partial charge < -0.3 is 15.0 Å². The number of ether oxygens (including phenoxy) is 1. The van der Waals surface area contributed by atoms with Gasteiger partial charge in [-0.3, -0.25) is 0 Å². The summed E-state index contributed by atoms with van der Waals surface area (Å²) in [5.41, 5.74) is 2.60. The molecule has 4 rings (SSSR count). The Morgan fingerprint density at radius 1 is 0.964 bits per heavy atom. The highest BCUT2D eigenvalue weighted by atomic mass is 19.1. The summed E-state index contributed by atoms with van der Waals surface area (Å²) in [6.45, 7) is 3.48. The van der Waals surface area contributed by atoms with E-state index in [9.17, 15) is 4.39 Å². The molecule has 1 fully saturated rings. The van der Waals surface area contributed by atoms with Crippen LogP contribution in [0.5, 0.6) is 0 Å². The van der Waals surface area contributed by atoms with E-state index in [1.54, 1.807) is 6.07 Å². The van der Waals surface area contributed by atoms with Crippen molar-refractivity contribution >= 4 is 11.8 Å². The van der Waals surface area contributed by atoms with E-state index < -0.39 is 0 Å². The molecule has 1 aromatic heterocycles. The standard InChI is InChI=1S/C22H23FN4O/c23-19-9-5-4-6-17(19)10-11-24-21-16-20(18-7-2-1-3-8-18)25-22(26-21)27-12-14-28-15-13-27/h1-9,16H,10-15H2,(H,24,25,26). The molecule has 0 unspecified atom stereocenters. The van der Waals surface area contributed by atoms with Crippen LogP contribution in [0.3, 0.4) is 0 Å². The molecule has 0 spiro atoms. The van der Waals surface area contributed by atoms with Crippen LogP contribution in [0, 0.1) is 5.82 Å². The van der Waals surface area contributed by atoms with Gasteiger partial charge in [0.05, 0.1) is 18.9 Å². The van der Waals surface area contributed by atoms with Crippen LogP contribution in [-0.2, 0) is 11.2 Å². The SMILES string of the molecule is Fc1ccccc1CCNc1cc(-c2ccccc2)nc(N2CCOCC2)n1. The van der Waals surface area contributed by atoms with Crippen molar-refractivity contribution in [2.75, 3.05) is 43.1 Å². The zero-order chi connectivity index (χ0) is 19.2. The van der Waals surface area contributed by atoms with Crippen LogP contribution in [0.1, 0.15) is 5.56 Å². The zero-order valence-corrected chi connectivity index (χ0v) is 15.6. The first-order valence-electron chi connectivity index (χ1n) is 9.54. The lowest BCUT2D eigenvalue weighted by molar-refractivity contribution is 0.122. The quantitative estimate of drug-likeness (QED) is 0.708. The summed E-state index contributed by atoms with van der Waals surface area (Å²) in [4.78, 5) is 11.6. The highest BCUT2D eigenvalue weighted by molar-refractivity contribution is 5.64. The fourth-order valence-electron chi connectivity index (χ4n) is 3.21. The van der Waals surface area contributed by atoms with Gasteiger partial charge in [-0.1, -0.05) is 48.5 Å². The van der Waals surface area contributed by atoms with E-state index in [0.717, 1.165) is 30.2 Å². The van der Waals surface area contributed by atoms with E-state index in [1.165, 1.54) is 6.07 Å². The maximum absolute atomic E-state index is 13.8. The maximum Gasteiger partial charge on any atom is 0.228 e. The Bertz CT molecular complexity index is 913. The molecule has 0 saturated carbocycles. The van der Waals surface area contributed by atoms with Gasteiger partial charge in [-0.25, -0.2) is 9.37 Å². The number of hydrogen-bond acceptors (Lipinski definition) is 5. The molecule has 28 heavy (non-hydrogen) atoms. The van der Waals surface area contributed by atoms with Crippen LogP contribution < -0.4 is 10.2 Å². The second-order valence-electron chi connectivity index (χ2n) is 6.67. The van der Waals surface area contributed by atoms with Gasteiger partial charge >= 0.3 is 0 Å². The fraction of sp³-hybridized carbons (Fsp3) is 0.273. The minimum Gasteiger partial charge on any atom is -0.378 e. The summed E-state index contributed by atoms with van der Waals surface area (Å²) < 4.78 is 19.3. The molecule has 6 heteroatoms. The third-order valence-corrected chi connectivity index (χ3v) is 4.74. The Labute approximate surface area is 164 Å². The molecule has 0 atom stereocenters. The number of benzene rings is 2. The number of nitrogens with zero attached hydrogens (tertiary/aromatic N) is 3. The third kappa shape index (κ3) is 4.46. The van der Waals surface area contributed by atoms with Gasteiger partial charge in [-0.2, -0.15) is 4.98 Å². The molecule has 0 amide bonds. The van der Waals surface area contributed by atoms with E-state index in [0.29, 0.717) is 37.7 Å². The van der Waals surface area contributed by atoms with Gasteiger partial charge in [-0.05, 0) is 18.1 Å². The number of rotatable bonds is 6. The largest absolute Gasteiger partial charge is 0.378 e. The molecule has 1 aliphatic rings. The Morgan fingerprint density at radius 2 is 1.71 bits per heavy atom. The van der Waals surface area contributed by atoms with Crippen molar-refractivity contribution in [3.8, 4) is 11.3 Å². The number of halogens is 1. The Morgan fingerprint density at radius 3 is 2.50 bits per heavy atom. The van der Waals surface area contributed by atoms with Crippen LogP contribution in [0.15, 0.2) is 60.7 Å². The predicted molar refractivity (Wildman–Crippen MR) is 109 cm³/mol. The van der Waals surface area contributed by atoms with Gasteiger partial charge in [0.25, 0.3) is 0 Å². The van der Waals surface area contributed by atoms with Gasteiger partial charge in [-0.15, -0.1) is 0 Å². The zero-order valence-electron chi connectivity index (χ0n) is 15.6. The van der Waals surface area contributed by atoms with Crippen molar-refractivity contribution in [1.29, 1.82) is 0 Å². The normalized spacial score (nSPS) is 14.1. The van der Waals surface area contributed by atoms with Crippen molar-refractivity contribution in [1.82, 2.24) is 9.97 Å². The molecular formula is C22H23FN4O. The predicted octanol–water partition coefficient (Wildman–Crippen LogP) is 3.77. The summed E-state index contributed by atoms with van der Waals surface area (Å²) in [5, 5.41) is 3.33. The number of hydrogen-bond donors (Lipinski definition) is 1. The van der Waals surface area contributed by atoms with Gasteiger partial charge in [0.2, 0.25) is 5.95 Å². The Hall–Kier alpha value is -2.99. The van der Waals surface area contributed by atoms with Crippen LogP contribution in [0.4, 0.5) is 16.2 Å². The molecular weight excluding hydrogens is 355 g/mol. The van der Waals surface area contributed by atoms with Crippen LogP contribution >= 0.6 is 0 Å². The lowest BCUT2D eigenvalue weighted by atomic mass is 10.1. The van der Waals surface area contributed by atoms with Gasteiger partial charge in [0, 0.05) is 31.3 Å². The lowest BCUT2D eigenvalue weighted by Gasteiger charge is -2.27. The minimum absolute atomic E-state index is 0.175. The first-order chi connectivity index (χ1) is 13.8. The van der Waals surface area contributed by atoms with E-state index in [2.05, 4.69) is 10.2 Å². The van der Waals surface area contributed by atoms with Crippen molar-refractivity contribution in [3.63, 3.8) is 0 Å². The summed E-state index contributed by atoms with van der Waals surface area (Å²) in [6, 6.07) is 18.9. The maximum atomic E-state index is 13.8. The smallest absolute Gasteiger partial charge is 0.228 e. The summed E-state index contributed by atoms with van der Waals surface area (Å²) in [5.74, 6) is 1.26. The van der Waals surface area contributed by atoms with E-state index in [1.807, 2.05) is 48.5 Å². The fourth-order valence-corrected chi connectivity index (χ4v) is 3.21. The van der Waals surface area contributed by atoms with E-state index in [4.69, 9.17) is 14.7 Å². The molecule has 0 radical (unpaired) electrons. The second kappa shape index (κ2) is 8.80. The third-order valence-electron chi connectivity index (χ3n) is 4.74. The van der Waals surface area contributed by atoms with Gasteiger partial charge in [0.1, 0.15) is 11.6 Å². The van der Waals surface area contributed by atoms with Crippen LogP contribution in [-0.4, -0.2) is 42.8 Å². The minimum atomic E-state index is -0.175. The number of nitrogens with one attached hydrogen (secondary N) is 1. The number of aromatic nitrogens is 2. The molecule has 2 aromatic carbocycles. The van der Waals surface area contributed by atoms with Crippen molar-refractivity contribution < 1.29 is 9.13 Å². The van der Waals surface area contributed by atoms with Crippen LogP contribution in [0.25, 0.3) is 11.3 Å². The highest BCUT2D eigenvalue weighted by Crippen LogP contribution is 2.23. The summed E-state index contributed by atoms with van der Waals surface area (Å²) in [7, 11) is 0. The average Bonchev–Trinajstić information content (AvgIpc) is 2.76. The van der Waals surface area contributed by atoms with Crippen molar-refractivity contribution in [2.45, 2.75) is 6.42 Å². The summed E-state index contributed by atoms with van der Waals surface area (Å²) >= 11 is 0. The lowest BCUT2D eigenvalue weighted by Crippen LogP contribution is -2.37. The molecule has 0 aliphatic carbocycles. The topological polar surface area (TPSA) is 50.3 Å². The summed E-state index contributed by atoms with van der Waals surface area (Å²) in [6.07, 6.45) is 0.588. The second-order valence-corrected chi connectivity index (χ2v) is 6.67. The Balaban J connectivity index is 1.55. The van der Waals surface area contributed by atoms with Gasteiger partial charge in [0.15, 0.2) is 0 Å². The van der Waals surface area contributed by atoms with Crippen LogP contribution in [0.2, 0.25) is 0 Å². The number of anilines is 2. The molecule has 1 N–H and O–H groups in total. The monoisotopic (exact) mass is 378 g/mol. The molecule has 0 bridgehead atoms. The molecule has 5 nitrogen and oxygen atoms in total. The highest BCUT2D eigenvalue weighted by Gasteiger charge is 2.16. The first-order valence-corrected chi connectivity index (χ1v) is 9.54. The molecule has 1 saturated heterocycles. The number of morpholine rings is 1. The molecule has 1 aliphatic heterocycles. The molecule has 2 heterocycles. The van der Waals surface area contributed by atoms with Crippen molar-refractivity contribution in [2.24, 2.45) is 0 Å². The molecule has 3 aromatic rings.